The minimum absolute atomic E-state index is 0.173. The molecule has 7 heteroatoms. The number of halogens is 1. The lowest BCUT2D eigenvalue weighted by Gasteiger charge is -2.37. The van der Waals surface area contributed by atoms with E-state index in [0.717, 1.165) is 43.2 Å². The largest absolute Gasteiger partial charge is 0.495 e. The van der Waals surface area contributed by atoms with Crippen LogP contribution in [-0.4, -0.2) is 79.8 Å². The molecular formula is C25H34FN3O3. The van der Waals surface area contributed by atoms with E-state index in [-0.39, 0.29) is 5.91 Å². The van der Waals surface area contributed by atoms with Gasteiger partial charge in [-0.1, -0.05) is 24.3 Å². The van der Waals surface area contributed by atoms with Gasteiger partial charge in [-0.2, -0.15) is 0 Å². The van der Waals surface area contributed by atoms with E-state index in [1.165, 1.54) is 12.2 Å². The Bertz CT molecular complexity index is 888. The topological polar surface area (TPSA) is 56.3 Å². The molecule has 0 bridgehead atoms. The number of amides is 1. The zero-order chi connectivity index (χ0) is 23.1. The Balaban J connectivity index is 1.47. The summed E-state index contributed by atoms with van der Waals surface area (Å²) in [6.45, 7) is 8.40. The number of para-hydroxylation sites is 2. The SMILES string of the molecule is C\C=C(F)/C=C1/C(=O)N(CCC(O)CN2CCN(c3ccccc3OC)CC2)C/C1=C/C. The van der Waals surface area contributed by atoms with Crippen LogP contribution in [0.5, 0.6) is 5.75 Å². The summed E-state index contributed by atoms with van der Waals surface area (Å²) < 4.78 is 19.1. The standard InChI is InChI=1S/C25H34FN3O3/c1-4-19-17-29(25(31)22(19)16-20(26)5-2)11-10-21(30)18-27-12-14-28(15-13-27)23-8-6-7-9-24(23)32-3/h4-9,16,21,30H,10-15,17-18H2,1-3H3/b19-4-,20-5+,22-16+. The fourth-order valence-corrected chi connectivity index (χ4v) is 4.23. The number of methoxy groups -OCH3 is 1. The quantitative estimate of drug-likeness (QED) is 0.626. The Morgan fingerprint density at radius 1 is 1.22 bits per heavy atom. The number of benzene rings is 1. The first-order valence-electron chi connectivity index (χ1n) is 11.2. The van der Waals surface area contributed by atoms with Crippen LogP contribution >= 0.6 is 0 Å². The fourth-order valence-electron chi connectivity index (χ4n) is 4.23. The number of likely N-dealkylation sites (tertiary alicyclic amines) is 1. The molecule has 6 nitrogen and oxygen atoms in total. The average molecular weight is 444 g/mol. The number of aliphatic hydroxyl groups is 1. The summed E-state index contributed by atoms with van der Waals surface area (Å²) in [5.41, 5.74) is 2.33. The molecule has 2 fully saturated rings. The number of allylic oxidation sites excluding steroid dienone is 4. The number of β-amino-alcohol motifs (C(OH)–C–C–N with tert-alkyl or cyclic N) is 1. The molecule has 3 rings (SSSR count). The van der Waals surface area contributed by atoms with Crippen LogP contribution in [0, 0.1) is 0 Å². The Kier molecular flexibility index (Phi) is 8.47. The van der Waals surface area contributed by atoms with Gasteiger partial charge in [-0.05, 0) is 44.1 Å². The van der Waals surface area contributed by atoms with E-state index in [2.05, 4.69) is 15.9 Å². The molecule has 1 aromatic carbocycles. The van der Waals surface area contributed by atoms with E-state index in [1.807, 2.05) is 31.2 Å². The second kappa shape index (κ2) is 11.3. The number of rotatable bonds is 8. The first-order valence-corrected chi connectivity index (χ1v) is 11.2. The summed E-state index contributed by atoms with van der Waals surface area (Å²) in [7, 11) is 1.69. The third-order valence-corrected chi connectivity index (χ3v) is 6.13. The van der Waals surface area contributed by atoms with Crippen LogP contribution in [0.3, 0.4) is 0 Å². The van der Waals surface area contributed by atoms with E-state index in [9.17, 15) is 14.3 Å². The van der Waals surface area contributed by atoms with Gasteiger partial charge in [0.05, 0.1) is 18.9 Å². The maximum atomic E-state index is 13.7. The lowest BCUT2D eigenvalue weighted by atomic mass is 10.1. The third-order valence-electron chi connectivity index (χ3n) is 6.13. The summed E-state index contributed by atoms with van der Waals surface area (Å²) in [4.78, 5) is 18.9. The van der Waals surface area contributed by atoms with Crippen molar-refractivity contribution in [2.24, 2.45) is 0 Å². The van der Waals surface area contributed by atoms with Gasteiger partial charge in [0.25, 0.3) is 5.91 Å². The Morgan fingerprint density at radius 2 is 1.94 bits per heavy atom. The predicted molar refractivity (Wildman–Crippen MR) is 126 cm³/mol. The number of piperazine rings is 1. The summed E-state index contributed by atoms with van der Waals surface area (Å²) in [6.07, 6.45) is 4.47. The average Bonchev–Trinajstić information content (AvgIpc) is 3.12. The van der Waals surface area contributed by atoms with Crippen molar-refractivity contribution < 1.29 is 19.0 Å². The number of carbonyl (C=O) groups is 1. The van der Waals surface area contributed by atoms with Crippen LogP contribution in [0.4, 0.5) is 10.1 Å². The van der Waals surface area contributed by atoms with Crippen molar-refractivity contribution in [1.29, 1.82) is 0 Å². The van der Waals surface area contributed by atoms with Crippen molar-refractivity contribution in [3.63, 3.8) is 0 Å². The van der Waals surface area contributed by atoms with E-state index in [4.69, 9.17) is 4.74 Å². The number of aliphatic hydroxyl groups excluding tert-OH is 1. The van der Waals surface area contributed by atoms with Crippen molar-refractivity contribution >= 4 is 11.6 Å². The number of ether oxygens (including phenoxy) is 1. The molecular weight excluding hydrogens is 409 g/mol. The molecule has 1 N–H and O–H groups in total. The highest BCUT2D eigenvalue weighted by atomic mass is 19.1. The first kappa shape index (κ1) is 24.0. The van der Waals surface area contributed by atoms with Crippen LogP contribution in [0.25, 0.3) is 0 Å². The van der Waals surface area contributed by atoms with Crippen LogP contribution in [-0.2, 0) is 4.79 Å². The van der Waals surface area contributed by atoms with Crippen LogP contribution in [0.1, 0.15) is 20.3 Å². The number of carbonyl (C=O) groups excluding carboxylic acids is 1. The smallest absolute Gasteiger partial charge is 0.254 e. The third kappa shape index (κ3) is 5.78. The number of nitrogens with zero attached hydrogens (tertiary/aromatic N) is 3. The van der Waals surface area contributed by atoms with E-state index in [0.29, 0.717) is 31.6 Å². The number of anilines is 1. The maximum Gasteiger partial charge on any atom is 0.254 e. The summed E-state index contributed by atoms with van der Waals surface area (Å²) in [5.74, 6) is 0.286. The first-order chi connectivity index (χ1) is 15.5. The van der Waals surface area contributed by atoms with Gasteiger partial charge >= 0.3 is 0 Å². The molecule has 1 aromatic rings. The van der Waals surface area contributed by atoms with Gasteiger partial charge in [-0.15, -0.1) is 0 Å². The van der Waals surface area contributed by atoms with Crippen LogP contribution in [0.2, 0.25) is 0 Å². The highest BCUT2D eigenvalue weighted by Gasteiger charge is 2.30. The summed E-state index contributed by atoms with van der Waals surface area (Å²) in [6, 6.07) is 8.02. The van der Waals surface area contributed by atoms with Gasteiger partial charge in [0, 0.05) is 51.4 Å². The molecule has 1 atom stereocenters. The van der Waals surface area contributed by atoms with Crippen LogP contribution < -0.4 is 9.64 Å². The maximum absolute atomic E-state index is 13.7. The highest BCUT2D eigenvalue weighted by molar-refractivity contribution is 6.01. The summed E-state index contributed by atoms with van der Waals surface area (Å²) >= 11 is 0. The number of hydrogen-bond donors (Lipinski definition) is 1. The molecule has 32 heavy (non-hydrogen) atoms. The summed E-state index contributed by atoms with van der Waals surface area (Å²) in [5, 5.41) is 10.6. The molecule has 0 spiro atoms. The van der Waals surface area contributed by atoms with Crippen molar-refractivity contribution in [2.45, 2.75) is 26.4 Å². The van der Waals surface area contributed by atoms with Gasteiger partial charge in [-0.25, -0.2) is 4.39 Å². The molecule has 2 aliphatic rings. The normalized spacial score (nSPS) is 21.7. The zero-order valence-corrected chi connectivity index (χ0v) is 19.3. The second-order valence-corrected chi connectivity index (χ2v) is 8.17. The molecule has 2 saturated heterocycles. The Hall–Kier alpha value is -2.64. The van der Waals surface area contributed by atoms with E-state index < -0.39 is 11.9 Å². The molecule has 0 radical (unpaired) electrons. The van der Waals surface area contributed by atoms with Gasteiger partial charge in [-0.3, -0.25) is 9.69 Å². The molecule has 1 amide bonds. The Morgan fingerprint density at radius 3 is 2.59 bits per heavy atom. The number of hydrogen-bond acceptors (Lipinski definition) is 5. The molecule has 0 aromatic heterocycles. The Labute approximate surface area is 190 Å². The van der Waals surface area contributed by atoms with Crippen LogP contribution in [0.15, 0.2) is 59.5 Å². The van der Waals surface area contributed by atoms with Gasteiger partial charge in [0.15, 0.2) is 0 Å². The highest BCUT2D eigenvalue weighted by Crippen LogP contribution is 2.28. The lowest BCUT2D eigenvalue weighted by Crippen LogP contribution is -2.49. The predicted octanol–water partition coefficient (Wildman–Crippen LogP) is 3.16. The van der Waals surface area contributed by atoms with Crippen molar-refractivity contribution in [1.82, 2.24) is 9.80 Å². The van der Waals surface area contributed by atoms with E-state index >= 15 is 0 Å². The second-order valence-electron chi connectivity index (χ2n) is 8.17. The molecule has 0 aliphatic carbocycles. The van der Waals surface area contributed by atoms with Gasteiger partial charge in [0.2, 0.25) is 0 Å². The molecule has 0 saturated carbocycles. The zero-order valence-electron chi connectivity index (χ0n) is 19.3. The fraction of sp³-hybridized carbons (Fsp3) is 0.480. The molecule has 2 heterocycles. The minimum atomic E-state index is -0.519. The lowest BCUT2D eigenvalue weighted by molar-refractivity contribution is -0.125. The van der Waals surface area contributed by atoms with Crippen molar-refractivity contribution in [3.8, 4) is 5.75 Å². The monoisotopic (exact) mass is 443 g/mol. The molecule has 2 aliphatic heterocycles. The van der Waals surface area contributed by atoms with Gasteiger partial charge in [0.1, 0.15) is 11.6 Å². The molecule has 1 unspecified atom stereocenters. The van der Waals surface area contributed by atoms with Crippen molar-refractivity contribution in [3.05, 3.63) is 59.5 Å². The van der Waals surface area contributed by atoms with E-state index in [1.54, 1.807) is 18.9 Å². The van der Waals surface area contributed by atoms with Gasteiger partial charge < -0.3 is 19.6 Å². The minimum Gasteiger partial charge on any atom is -0.495 e. The van der Waals surface area contributed by atoms with Crippen molar-refractivity contribution in [2.75, 3.05) is 57.8 Å². The molecule has 174 valence electrons.